The Morgan fingerprint density at radius 3 is 1.96 bits per heavy atom. The summed E-state index contributed by atoms with van der Waals surface area (Å²) in [5, 5.41) is 13.8. The summed E-state index contributed by atoms with van der Waals surface area (Å²) in [7, 11) is 0. The van der Waals surface area contributed by atoms with Crippen LogP contribution in [0.4, 0.5) is 5.69 Å². The van der Waals surface area contributed by atoms with E-state index in [1.54, 1.807) is 30.3 Å². The Labute approximate surface area is 290 Å². The first-order valence-electron chi connectivity index (χ1n) is 16.4. The maximum atomic E-state index is 9.38. The van der Waals surface area contributed by atoms with Crippen LogP contribution < -0.4 is 0 Å². The number of benzene rings is 7. The lowest BCUT2D eigenvalue weighted by Gasteiger charge is -2.10. The monoisotopic (exact) mass is 653 g/mol. The van der Waals surface area contributed by atoms with Crippen LogP contribution in [0, 0.1) is 17.9 Å². The van der Waals surface area contributed by atoms with Crippen LogP contribution in [0.25, 0.3) is 99.3 Å². The molecule has 3 heterocycles. The van der Waals surface area contributed by atoms with Crippen molar-refractivity contribution in [1.82, 2.24) is 14.5 Å². The van der Waals surface area contributed by atoms with Crippen LogP contribution in [0.15, 0.2) is 148 Å². The van der Waals surface area contributed by atoms with Gasteiger partial charge in [-0.05, 0) is 107 Å². The fraction of sp³-hybridized carbons (Fsp3) is 0. The SMILES string of the molecule is [C-]#[N+]c1ccc2nc(-c3ccc4c(c3)c3cc(-c5nc6cc(C#N)ccc6o5)ccc3n4-c3ccc(-c4ccc5ccccc5c4)cc3)oc2c1. The van der Waals surface area contributed by atoms with Gasteiger partial charge in [0.15, 0.2) is 11.3 Å². The molecule has 10 rings (SSSR count). The Morgan fingerprint density at radius 1 is 0.569 bits per heavy atom. The first-order valence-corrected chi connectivity index (χ1v) is 16.4. The summed E-state index contributed by atoms with van der Waals surface area (Å²) in [5.74, 6) is 0.964. The quantitative estimate of drug-likeness (QED) is 0.176. The van der Waals surface area contributed by atoms with Gasteiger partial charge in [-0.2, -0.15) is 5.26 Å². The second kappa shape index (κ2) is 11.0. The van der Waals surface area contributed by atoms with Crippen molar-refractivity contribution in [3.05, 3.63) is 157 Å². The fourth-order valence-corrected chi connectivity index (χ4v) is 6.97. The van der Waals surface area contributed by atoms with Crippen molar-refractivity contribution >= 4 is 60.5 Å². The minimum Gasteiger partial charge on any atom is -0.437 e. The van der Waals surface area contributed by atoms with E-state index in [1.165, 1.54) is 16.3 Å². The summed E-state index contributed by atoms with van der Waals surface area (Å²) in [4.78, 5) is 13.0. The number of rotatable bonds is 4. The second-order valence-corrected chi connectivity index (χ2v) is 12.5. The van der Waals surface area contributed by atoms with Gasteiger partial charge >= 0.3 is 0 Å². The largest absolute Gasteiger partial charge is 0.437 e. The summed E-state index contributed by atoms with van der Waals surface area (Å²) < 4.78 is 14.6. The zero-order chi connectivity index (χ0) is 34.1. The third kappa shape index (κ3) is 4.65. The molecule has 0 spiro atoms. The molecule has 51 heavy (non-hydrogen) atoms. The molecule has 0 saturated carbocycles. The summed E-state index contributed by atoms with van der Waals surface area (Å²) >= 11 is 0. The highest BCUT2D eigenvalue weighted by Gasteiger charge is 2.18. The molecule has 10 aromatic rings. The molecule has 0 aliphatic carbocycles. The molecule has 7 nitrogen and oxygen atoms in total. The molecule has 3 aromatic heterocycles. The molecule has 0 fully saturated rings. The second-order valence-electron chi connectivity index (χ2n) is 12.5. The van der Waals surface area contributed by atoms with E-state index in [-0.39, 0.29) is 0 Å². The molecular formula is C44H23N5O2. The van der Waals surface area contributed by atoms with Crippen LogP contribution in [-0.4, -0.2) is 14.5 Å². The molecule has 236 valence electrons. The Kier molecular flexibility index (Phi) is 6.17. The van der Waals surface area contributed by atoms with Gasteiger partial charge in [-0.1, -0.05) is 54.6 Å². The van der Waals surface area contributed by atoms with E-state index >= 15 is 0 Å². The van der Waals surface area contributed by atoms with Crippen molar-refractivity contribution in [2.75, 3.05) is 0 Å². The third-order valence-electron chi connectivity index (χ3n) is 9.49. The topological polar surface area (TPSA) is 85.1 Å². The summed E-state index contributed by atoms with van der Waals surface area (Å²) in [6.07, 6.45) is 0. The van der Waals surface area contributed by atoms with Crippen molar-refractivity contribution in [2.24, 2.45) is 0 Å². The number of oxazole rings is 2. The molecule has 0 radical (unpaired) electrons. The van der Waals surface area contributed by atoms with Crippen LogP contribution in [-0.2, 0) is 0 Å². The van der Waals surface area contributed by atoms with Crippen LogP contribution in [0.5, 0.6) is 0 Å². The minimum atomic E-state index is 0.480. The molecule has 7 aromatic carbocycles. The van der Waals surface area contributed by atoms with Gasteiger partial charge in [0.2, 0.25) is 11.8 Å². The highest BCUT2D eigenvalue weighted by Crippen LogP contribution is 2.39. The maximum absolute atomic E-state index is 9.38. The van der Waals surface area contributed by atoms with Gasteiger partial charge < -0.3 is 13.4 Å². The van der Waals surface area contributed by atoms with Crippen LogP contribution in [0.3, 0.4) is 0 Å². The molecule has 0 amide bonds. The normalized spacial score (nSPS) is 11.5. The number of nitrogens with zero attached hydrogens (tertiary/aromatic N) is 5. The lowest BCUT2D eigenvalue weighted by molar-refractivity contribution is 0.619. The number of nitriles is 1. The first-order chi connectivity index (χ1) is 25.1. The molecule has 0 aliphatic rings. The number of aromatic nitrogens is 3. The van der Waals surface area contributed by atoms with Gasteiger partial charge in [-0.3, -0.25) is 0 Å². The van der Waals surface area contributed by atoms with Gasteiger partial charge in [-0.15, -0.1) is 0 Å². The standard InChI is InChI=1S/C44H23N5O2/c1-46-33-13-16-37-42(24-33)51-43(47-37)31-11-17-39-35(22-31)36-23-32(44-48-38-20-26(25-45)6-19-41(38)50-44)12-18-40(36)49(39)34-14-9-28(10-15-34)30-8-7-27-4-2-3-5-29(27)21-30/h2-24H. The van der Waals surface area contributed by atoms with Crippen molar-refractivity contribution in [3.63, 3.8) is 0 Å². The molecular weight excluding hydrogens is 631 g/mol. The number of fused-ring (bicyclic) bond motifs is 6. The molecule has 0 unspecified atom stereocenters. The zero-order valence-corrected chi connectivity index (χ0v) is 26.8. The van der Waals surface area contributed by atoms with Gasteiger partial charge in [0.25, 0.3) is 0 Å². The van der Waals surface area contributed by atoms with E-state index in [9.17, 15) is 5.26 Å². The third-order valence-corrected chi connectivity index (χ3v) is 9.49. The van der Waals surface area contributed by atoms with Crippen molar-refractivity contribution < 1.29 is 8.83 Å². The summed E-state index contributed by atoms with van der Waals surface area (Å²) in [6, 6.07) is 48.8. The molecule has 0 atom stereocenters. The fourth-order valence-electron chi connectivity index (χ4n) is 6.97. The zero-order valence-electron chi connectivity index (χ0n) is 26.8. The van der Waals surface area contributed by atoms with Gasteiger partial charge in [-0.25, -0.2) is 14.8 Å². The van der Waals surface area contributed by atoms with E-state index in [1.807, 2.05) is 18.2 Å². The smallest absolute Gasteiger partial charge is 0.227 e. The summed E-state index contributed by atoms with van der Waals surface area (Å²) in [6.45, 7) is 7.38. The van der Waals surface area contributed by atoms with E-state index in [0.29, 0.717) is 45.2 Å². The average molecular weight is 654 g/mol. The lowest BCUT2D eigenvalue weighted by Crippen LogP contribution is -1.94. The Morgan fingerprint density at radius 2 is 1.24 bits per heavy atom. The Bertz CT molecular complexity index is 2960. The number of hydrogen-bond donors (Lipinski definition) is 0. The van der Waals surface area contributed by atoms with Crippen LogP contribution in [0.2, 0.25) is 0 Å². The highest BCUT2D eigenvalue weighted by molar-refractivity contribution is 6.11. The minimum absolute atomic E-state index is 0.480. The van der Waals surface area contributed by atoms with E-state index in [2.05, 4.69) is 106 Å². The Balaban J connectivity index is 1.14. The van der Waals surface area contributed by atoms with Crippen molar-refractivity contribution in [3.8, 4) is 45.8 Å². The van der Waals surface area contributed by atoms with Crippen molar-refractivity contribution in [1.29, 1.82) is 5.26 Å². The van der Waals surface area contributed by atoms with Gasteiger partial charge in [0, 0.05) is 27.6 Å². The van der Waals surface area contributed by atoms with Crippen LogP contribution in [0.1, 0.15) is 5.56 Å². The van der Waals surface area contributed by atoms with Crippen molar-refractivity contribution in [2.45, 2.75) is 0 Å². The molecule has 0 saturated heterocycles. The van der Waals surface area contributed by atoms with E-state index in [0.717, 1.165) is 44.2 Å². The number of hydrogen-bond acceptors (Lipinski definition) is 5. The Hall–Kier alpha value is -7.48. The lowest BCUT2D eigenvalue weighted by atomic mass is 10.0. The molecule has 0 N–H and O–H groups in total. The first kappa shape index (κ1) is 28.5. The highest BCUT2D eigenvalue weighted by atomic mass is 16.4. The molecule has 0 aliphatic heterocycles. The maximum Gasteiger partial charge on any atom is 0.227 e. The van der Waals surface area contributed by atoms with E-state index in [4.69, 9.17) is 25.4 Å². The molecule has 7 heteroatoms. The predicted molar refractivity (Wildman–Crippen MR) is 201 cm³/mol. The molecule has 0 bridgehead atoms. The van der Waals surface area contributed by atoms with Gasteiger partial charge in [0.1, 0.15) is 16.6 Å². The average Bonchev–Trinajstić information content (AvgIpc) is 3.90. The van der Waals surface area contributed by atoms with Crippen LogP contribution >= 0.6 is 0 Å². The summed E-state index contributed by atoms with van der Waals surface area (Å²) in [5.41, 5.74) is 10.6. The predicted octanol–water partition coefficient (Wildman–Crippen LogP) is 11.6. The van der Waals surface area contributed by atoms with Gasteiger partial charge in [0.05, 0.1) is 29.2 Å². The van der Waals surface area contributed by atoms with E-state index < -0.39 is 0 Å².